The van der Waals surface area contributed by atoms with Crippen LogP contribution in [0.5, 0.6) is 0 Å². The quantitative estimate of drug-likeness (QED) is 0.429. The van der Waals surface area contributed by atoms with Gasteiger partial charge in [0.15, 0.2) is 11.8 Å². The Bertz CT molecular complexity index is 469. The van der Waals surface area contributed by atoms with E-state index < -0.39 is 0 Å². The molecule has 7 nitrogen and oxygen atoms in total. The lowest BCUT2D eigenvalue weighted by Gasteiger charge is -2.21. The van der Waals surface area contributed by atoms with Crippen molar-refractivity contribution in [1.82, 2.24) is 25.4 Å². The van der Waals surface area contributed by atoms with Gasteiger partial charge in [0.1, 0.15) is 12.4 Å². The van der Waals surface area contributed by atoms with E-state index in [4.69, 9.17) is 4.74 Å². The van der Waals surface area contributed by atoms with Crippen LogP contribution in [0.25, 0.3) is 0 Å². The van der Waals surface area contributed by atoms with E-state index in [9.17, 15) is 0 Å². The van der Waals surface area contributed by atoms with E-state index in [0.29, 0.717) is 18.5 Å². The molecule has 1 aromatic heterocycles. The lowest BCUT2D eigenvalue weighted by Crippen LogP contribution is -2.44. The Labute approximate surface area is 133 Å². The van der Waals surface area contributed by atoms with Crippen molar-refractivity contribution in [1.29, 1.82) is 0 Å². The molecule has 1 unspecified atom stereocenters. The Hall–Kier alpha value is -1.63. The lowest BCUT2D eigenvalue weighted by molar-refractivity contribution is 0.195. The number of rotatable bonds is 8. The fourth-order valence-corrected chi connectivity index (χ4v) is 1.70. The summed E-state index contributed by atoms with van der Waals surface area (Å²) in [6.45, 7) is 10.5. The molecule has 0 bridgehead atoms. The number of aryl methyl sites for hydroxylation is 1. The van der Waals surface area contributed by atoms with Gasteiger partial charge < -0.3 is 19.9 Å². The van der Waals surface area contributed by atoms with Gasteiger partial charge in [-0.2, -0.15) is 0 Å². The SMILES string of the molecule is COCCCNC(=NCc1nnc(C)n1C)NC(C)C(C)C. The minimum Gasteiger partial charge on any atom is -0.385 e. The largest absolute Gasteiger partial charge is 0.385 e. The van der Waals surface area contributed by atoms with Crippen molar-refractivity contribution < 1.29 is 4.74 Å². The Kier molecular flexibility index (Phi) is 7.87. The first kappa shape index (κ1) is 18.4. The van der Waals surface area contributed by atoms with Gasteiger partial charge in [-0.1, -0.05) is 13.8 Å². The van der Waals surface area contributed by atoms with E-state index in [1.807, 2.05) is 18.5 Å². The van der Waals surface area contributed by atoms with Gasteiger partial charge in [-0.15, -0.1) is 10.2 Å². The minimum absolute atomic E-state index is 0.343. The van der Waals surface area contributed by atoms with Crippen molar-refractivity contribution in [3.8, 4) is 0 Å². The highest BCUT2D eigenvalue weighted by atomic mass is 16.5. The van der Waals surface area contributed by atoms with Gasteiger partial charge >= 0.3 is 0 Å². The Morgan fingerprint density at radius 2 is 2.05 bits per heavy atom. The normalized spacial score (nSPS) is 13.5. The third-order valence-corrected chi connectivity index (χ3v) is 3.74. The van der Waals surface area contributed by atoms with Crippen LogP contribution in [0.2, 0.25) is 0 Å². The molecule has 126 valence electrons. The van der Waals surface area contributed by atoms with Gasteiger partial charge in [0.05, 0.1) is 0 Å². The number of nitrogens with zero attached hydrogens (tertiary/aromatic N) is 4. The summed E-state index contributed by atoms with van der Waals surface area (Å²) < 4.78 is 7.03. The lowest BCUT2D eigenvalue weighted by atomic mass is 10.1. The van der Waals surface area contributed by atoms with Crippen LogP contribution in [0.15, 0.2) is 4.99 Å². The molecule has 22 heavy (non-hydrogen) atoms. The summed E-state index contributed by atoms with van der Waals surface area (Å²) in [5.74, 6) is 3.08. The van der Waals surface area contributed by atoms with Gasteiger partial charge in [-0.25, -0.2) is 4.99 Å². The highest BCUT2D eigenvalue weighted by Crippen LogP contribution is 2.01. The second kappa shape index (κ2) is 9.40. The molecule has 0 aliphatic carbocycles. The van der Waals surface area contributed by atoms with E-state index in [1.165, 1.54) is 0 Å². The average Bonchev–Trinajstić information content (AvgIpc) is 2.80. The van der Waals surface area contributed by atoms with Crippen LogP contribution in [0.1, 0.15) is 38.8 Å². The molecule has 1 atom stereocenters. The minimum atomic E-state index is 0.343. The van der Waals surface area contributed by atoms with Crippen LogP contribution in [0.3, 0.4) is 0 Å². The molecule has 0 aliphatic heterocycles. The standard InChI is InChI=1S/C15H30N6O/c1-11(2)12(3)18-15(16-8-7-9-22-6)17-10-14-20-19-13(4)21(14)5/h11-12H,7-10H2,1-6H3,(H2,16,17,18). The predicted octanol–water partition coefficient (Wildman–Crippen LogP) is 1.24. The molecule has 0 radical (unpaired) electrons. The summed E-state index contributed by atoms with van der Waals surface area (Å²) in [6.07, 6.45) is 0.941. The van der Waals surface area contributed by atoms with Crippen LogP contribution >= 0.6 is 0 Å². The molecule has 1 heterocycles. The van der Waals surface area contributed by atoms with Crippen molar-refractivity contribution in [3.63, 3.8) is 0 Å². The van der Waals surface area contributed by atoms with Crippen molar-refractivity contribution >= 4 is 5.96 Å². The number of aromatic nitrogens is 3. The number of hydrogen-bond acceptors (Lipinski definition) is 4. The Balaban J connectivity index is 2.66. The average molecular weight is 310 g/mol. The van der Waals surface area contributed by atoms with E-state index in [2.05, 4.69) is 46.6 Å². The van der Waals surface area contributed by atoms with Crippen molar-refractivity contribution in [2.45, 2.75) is 46.7 Å². The van der Waals surface area contributed by atoms with Crippen LogP contribution in [-0.2, 0) is 18.3 Å². The highest BCUT2D eigenvalue weighted by molar-refractivity contribution is 5.80. The Morgan fingerprint density at radius 1 is 1.32 bits per heavy atom. The van der Waals surface area contributed by atoms with E-state index >= 15 is 0 Å². The molecular weight excluding hydrogens is 280 g/mol. The number of hydrogen-bond donors (Lipinski definition) is 2. The summed E-state index contributed by atoms with van der Waals surface area (Å²) in [5, 5.41) is 15.0. The number of aliphatic imine (C=N–C) groups is 1. The fourth-order valence-electron chi connectivity index (χ4n) is 1.70. The summed E-state index contributed by atoms with van der Waals surface area (Å²) >= 11 is 0. The second-order valence-corrected chi connectivity index (χ2v) is 5.84. The van der Waals surface area contributed by atoms with E-state index in [1.54, 1.807) is 7.11 Å². The zero-order chi connectivity index (χ0) is 16.5. The third kappa shape index (κ3) is 6.01. The third-order valence-electron chi connectivity index (χ3n) is 3.74. The number of ether oxygens (including phenoxy) is 1. The first-order valence-corrected chi connectivity index (χ1v) is 7.84. The maximum absolute atomic E-state index is 5.07. The van der Waals surface area contributed by atoms with Crippen molar-refractivity contribution in [2.75, 3.05) is 20.3 Å². The van der Waals surface area contributed by atoms with Gasteiger partial charge in [-0.05, 0) is 26.2 Å². The van der Waals surface area contributed by atoms with Crippen LogP contribution in [0.4, 0.5) is 0 Å². The molecule has 1 aromatic rings. The fraction of sp³-hybridized carbons (Fsp3) is 0.800. The Morgan fingerprint density at radius 3 is 2.59 bits per heavy atom. The molecule has 7 heteroatoms. The van der Waals surface area contributed by atoms with Gasteiger partial charge in [-0.3, -0.25) is 0 Å². The first-order valence-electron chi connectivity index (χ1n) is 7.84. The first-order chi connectivity index (χ1) is 10.5. The molecule has 0 amide bonds. The monoisotopic (exact) mass is 310 g/mol. The van der Waals surface area contributed by atoms with Gasteiger partial charge in [0, 0.05) is 33.4 Å². The molecule has 0 saturated heterocycles. The molecule has 0 fully saturated rings. The van der Waals surface area contributed by atoms with Crippen LogP contribution < -0.4 is 10.6 Å². The maximum Gasteiger partial charge on any atom is 0.191 e. The molecular formula is C15H30N6O. The van der Waals surface area contributed by atoms with Crippen LogP contribution in [-0.4, -0.2) is 47.0 Å². The van der Waals surface area contributed by atoms with E-state index in [0.717, 1.165) is 37.2 Å². The summed E-state index contributed by atoms with van der Waals surface area (Å²) in [5.41, 5.74) is 0. The molecule has 0 aliphatic rings. The van der Waals surface area contributed by atoms with Gasteiger partial charge in [0.25, 0.3) is 0 Å². The summed E-state index contributed by atoms with van der Waals surface area (Å²) in [6, 6.07) is 0.343. The molecule has 0 spiro atoms. The number of guanidine groups is 1. The second-order valence-electron chi connectivity index (χ2n) is 5.84. The van der Waals surface area contributed by atoms with Crippen molar-refractivity contribution in [3.05, 3.63) is 11.6 Å². The summed E-state index contributed by atoms with van der Waals surface area (Å²) in [7, 11) is 3.67. The number of methoxy groups -OCH3 is 1. The zero-order valence-electron chi connectivity index (χ0n) is 14.7. The van der Waals surface area contributed by atoms with Crippen LogP contribution in [0, 0.1) is 12.8 Å². The topological polar surface area (TPSA) is 76.4 Å². The zero-order valence-corrected chi connectivity index (χ0v) is 14.7. The molecule has 0 saturated carbocycles. The highest BCUT2D eigenvalue weighted by Gasteiger charge is 2.10. The maximum atomic E-state index is 5.07. The van der Waals surface area contributed by atoms with Crippen molar-refractivity contribution in [2.24, 2.45) is 18.0 Å². The van der Waals surface area contributed by atoms with E-state index in [-0.39, 0.29) is 0 Å². The number of nitrogens with one attached hydrogen (secondary N) is 2. The van der Waals surface area contributed by atoms with Gasteiger partial charge in [0.2, 0.25) is 0 Å². The molecule has 0 aromatic carbocycles. The molecule has 1 rings (SSSR count). The summed E-state index contributed by atoms with van der Waals surface area (Å²) in [4.78, 5) is 4.62. The smallest absolute Gasteiger partial charge is 0.191 e. The molecule has 2 N–H and O–H groups in total. The predicted molar refractivity (Wildman–Crippen MR) is 88.8 cm³/mol.